The molecule has 0 aliphatic heterocycles. The zero-order chi connectivity index (χ0) is 16.2. The minimum absolute atomic E-state index is 0.151. The maximum atomic E-state index is 12.4. The van der Waals surface area contributed by atoms with E-state index in [-0.39, 0.29) is 5.91 Å². The maximum absolute atomic E-state index is 12.4. The van der Waals surface area contributed by atoms with Gasteiger partial charge in [0, 0.05) is 7.05 Å². The number of amides is 1. The Morgan fingerprint density at radius 3 is 2.83 bits per heavy atom. The van der Waals surface area contributed by atoms with Crippen LogP contribution in [-0.2, 0) is 17.9 Å². The smallest absolute Gasteiger partial charge is 0.277 e. The first-order chi connectivity index (χ1) is 11.1. The van der Waals surface area contributed by atoms with E-state index in [1.807, 2.05) is 31.3 Å². The van der Waals surface area contributed by atoms with Crippen LogP contribution in [0.25, 0.3) is 10.2 Å². The molecule has 3 aromatic rings. The van der Waals surface area contributed by atoms with Gasteiger partial charge in [0.15, 0.2) is 6.54 Å². The van der Waals surface area contributed by atoms with Crippen molar-refractivity contribution in [1.29, 1.82) is 0 Å². The van der Waals surface area contributed by atoms with Crippen molar-refractivity contribution >= 4 is 38.8 Å². The Morgan fingerprint density at radius 1 is 1.26 bits per heavy atom. The average molecular weight is 347 g/mol. The Balaban J connectivity index is 1.56. The van der Waals surface area contributed by atoms with Crippen molar-refractivity contribution in [2.75, 3.05) is 20.6 Å². The largest absolute Gasteiger partial charge is 0.334 e. The molecule has 0 aliphatic rings. The second-order valence-corrected chi connectivity index (χ2v) is 7.86. The monoisotopic (exact) mass is 346 g/mol. The number of aromatic nitrogens is 1. The Kier molecular flexibility index (Phi) is 5.05. The highest BCUT2D eigenvalue weighted by Gasteiger charge is 2.17. The van der Waals surface area contributed by atoms with Crippen LogP contribution in [0.1, 0.15) is 9.88 Å². The second kappa shape index (κ2) is 7.21. The van der Waals surface area contributed by atoms with Gasteiger partial charge in [-0.1, -0.05) is 18.2 Å². The van der Waals surface area contributed by atoms with Crippen LogP contribution >= 0.6 is 22.7 Å². The number of quaternary nitrogens is 1. The fraction of sp³-hybridized carbons (Fsp3) is 0.294. The summed E-state index contributed by atoms with van der Waals surface area (Å²) in [6, 6.07) is 12.2. The van der Waals surface area contributed by atoms with Crippen molar-refractivity contribution in [2.24, 2.45) is 0 Å². The van der Waals surface area contributed by atoms with Crippen molar-refractivity contribution in [1.82, 2.24) is 9.88 Å². The lowest BCUT2D eigenvalue weighted by Gasteiger charge is -2.18. The highest BCUT2D eigenvalue weighted by atomic mass is 32.1. The third-order valence-corrected chi connectivity index (χ3v) is 5.54. The third-order valence-electron chi connectivity index (χ3n) is 3.65. The Morgan fingerprint density at radius 2 is 2.09 bits per heavy atom. The van der Waals surface area contributed by atoms with E-state index in [1.54, 1.807) is 27.6 Å². The summed E-state index contributed by atoms with van der Waals surface area (Å²) in [7, 11) is 3.91. The number of thiophene rings is 1. The van der Waals surface area contributed by atoms with Gasteiger partial charge in [0.1, 0.15) is 11.6 Å². The number of fused-ring (bicyclic) bond motifs is 1. The molecule has 1 amide bonds. The molecule has 0 radical (unpaired) electrons. The van der Waals surface area contributed by atoms with Crippen LogP contribution in [0.4, 0.5) is 0 Å². The van der Waals surface area contributed by atoms with Gasteiger partial charge in [-0.25, -0.2) is 4.98 Å². The van der Waals surface area contributed by atoms with Gasteiger partial charge >= 0.3 is 0 Å². The lowest BCUT2D eigenvalue weighted by molar-refractivity contribution is -0.885. The number of nitrogens with zero attached hydrogens (tertiary/aromatic N) is 2. The molecule has 1 N–H and O–H groups in total. The van der Waals surface area contributed by atoms with Gasteiger partial charge in [-0.15, -0.1) is 22.7 Å². The molecule has 0 saturated carbocycles. The van der Waals surface area contributed by atoms with E-state index in [4.69, 9.17) is 0 Å². The van der Waals surface area contributed by atoms with Crippen molar-refractivity contribution < 1.29 is 9.69 Å². The SMILES string of the molecule is CN(Cc1nc2ccccc2s1)C(=O)C[NH+](C)Cc1cccs1. The minimum Gasteiger partial charge on any atom is -0.334 e. The predicted molar refractivity (Wildman–Crippen MR) is 95.9 cm³/mol. The van der Waals surface area contributed by atoms with Gasteiger partial charge < -0.3 is 9.80 Å². The standard InChI is InChI=1S/C17H19N3OS2/c1-19(10-13-6-5-9-22-13)12-17(21)20(2)11-16-18-14-7-3-4-8-15(14)23-16/h3-9H,10-12H2,1-2H3/p+1. The van der Waals surface area contributed by atoms with E-state index in [0.717, 1.165) is 17.1 Å². The molecular weight excluding hydrogens is 326 g/mol. The number of carbonyl (C=O) groups excluding carboxylic acids is 1. The Hall–Kier alpha value is -1.76. The number of likely N-dealkylation sites (N-methyl/N-ethyl adjacent to an activating group) is 2. The summed E-state index contributed by atoms with van der Waals surface area (Å²) < 4.78 is 1.17. The number of hydrogen-bond acceptors (Lipinski definition) is 4. The summed E-state index contributed by atoms with van der Waals surface area (Å²) >= 11 is 3.39. The number of hydrogen-bond donors (Lipinski definition) is 1. The van der Waals surface area contributed by atoms with E-state index in [2.05, 4.69) is 29.5 Å². The molecule has 23 heavy (non-hydrogen) atoms. The lowest BCUT2D eigenvalue weighted by Crippen LogP contribution is -3.08. The molecule has 4 nitrogen and oxygen atoms in total. The van der Waals surface area contributed by atoms with Gasteiger partial charge in [0.2, 0.25) is 0 Å². The van der Waals surface area contributed by atoms with Crippen molar-refractivity contribution in [3.8, 4) is 0 Å². The van der Waals surface area contributed by atoms with Crippen LogP contribution in [0.15, 0.2) is 41.8 Å². The van der Waals surface area contributed by atoms with E-state index in [0.29, 0.717) is 13.1 Å². The highest BCUT2D eigenvalue weighted by Crippen LogP contribution is 2.22. The van der Waals surface area contributed by atoms with E-state index >= 15 is 0 Å². The van der Waals surface area contributed by atoms with Crippen LogP contribution in [0.2, 0.25) is 0 Å². The molecule has 1 atom stereocenters. The van der Waals surface area contributed by atoms with Crippen LogP contribution < -0.4 is 4.90 Å². The summed E-state index contributed by atoms with van der Waals surface area (Å²) in [5, 5.41) is 3.06. The van der Waals surface area contributed by atoms with E-state index in [1.165, 1.54) is 14.5 Å². The average Bonchev–Trinajstić information content (AvgIpc) is 3.15. The summed E-state index contributed by atoms with van der Waals surface area (Å²) in [6.07, 6.45) is 0. The molecule has 0 aliphatic carbocycles. The molecular formula is C17H20N3OS2+. The van der Waals surface area contributed by atoms with Crippen LogP contribution in [0.5, 0.6) is 0 Å². The van der Waals surface area contributed by atoms with Crippen molar-refractivity contribution in [3.63, 3.8) is 0 Å². The highest BCUT2D eigenvalue weighted by molar-refractivity contribution is 7.18. The second-order valence-electron chi connectivity index (χ2n) is 5.72. The molecule has 2 heterocycles. The first kappa shape index (κ1) is 16.1. The molecule has 3 rings (SSSR count). The summed E-state index contributed by atoms with van der Waals surface area (Å²) in [5.74, 6) is 0.151. The number of nitrogens with one attached hydrogen (secondary N) is 1. The van der Waals surface area contributed by atoms with Gasteiger partial charge in [0.25, 0.3) is 5.91 Å². The molecule has 1 unspecified atom stereocenters. The fourth-order valence-corrected chi connectivity index (χ4v) is 4.28. The fourth-order valence-electron chi connectivity index (χ4n) is 2.44. The summed E-state index contributed by atoms with van der Waals surface area (Å²) in [4.78, 5) is 21.3. The van der Waals surface area contributed by atoms with Crippen molar-refractivity contribution in [3.05, 3.63) is 51.7 Å². The molecule has 0 spiro atoms. The van der Waals surface area contributed by atoms with E-state index < -0.39 is 0 Å². The van der Waals surface area contributed by atoms with Crippen LogP contribution in [-0.4, -0.2) is 36.4 Å². The number of rotatable bonds is 6. The predicted octanol–water partition coefficient (Wildman–Crippen LogP) is 2.03. The van der Waals surface area contributed by atoms with Gasteiger partial charge in [0.05, 0.1) is 28.7 Å². The normalized spacial score (nSPS) is 12.4. The van der Waals surface area contributed by atoms with Gasteiger partial charge in [-0.3, -0.25) is 4.79 Å². The number of thiazole rings is 1. The maximum Gasteiger partial charge on any atom is 0.277 e. The van der Waals surface area contributed by atoms with E-state index in [9.17, 15) is 4.79 Å². The molecule has 0 bridgehead atoms. The number of carbonyl (C=O) groups is 1. The molecule has 6 heteroatoms. The number of benzene rings is 1. The van der Waals surface area contributed by atoms with Crippen molar-refractivity contribution in [2.45, 2.75) is 13.1 Å². The zero-order valence-corrected chi connectivity index (χ0v) is 14.9. The minimum atomic E-state index is 0.151. The summed E-state index contributed by atoms with van der Waals surface area (Å²) in [6.45, 7) is 1.96. The Bertz CT molecular complexity index is 749. The molecule has 0 fully saturated rings. The topological polar surface area (TPSA) is 37.6 Å². The first-order valence-corrected chi connectivity index (χ1v) is 9.23. The lowest BCUT2D eigenvalue weighted by atomic mass is 10.3. The third kappa shape index (κ3) is 4.16. The Labute approximate surface area is 144 Å². The van der Waals surface area contributed by atoms with Gasteiger partial charge in [-0.2, -0.15) is 0 Å². The molecule has 120 valence electrons. The first-order valence-electron chi connectivity index (χ1n) is 7.54. The van der Waals surface area contributed by atoms with Gasteiger partial charge in [-0.05, 0) is 23.6 Å². The van der Waals surface area contributed by atoms with Crippen LogP contribution in [0.3, 0.4) is 0 Å². The molecule has 1 aromatic carbocycles. The molecule has 0 saturated heterocycles. The summed E-state index contributed by atoms with van der Waals surface area (Å²) in [5.41, 5.74) is 1.01. The van der Waals surface area contributed by atoms with Crippen LogP contribution in [0, 0.1) is 0 Å². The number of para-hydroxylation sites is 1. The zero-order valence-electron chi connectivity index (χ0n) is 13.3. The molecule has 2 aromatic heterocycles. The quantitative estimate of drug-likeness (QED) is 0.742.